The van der Waals surface area contributed by atoms with E-state index in [4.69, 9.17) is 9.15 Å². The number of halogens is 1. The second-order valence-electron chi connectivity index (χ2n) is 7.50. The van der Waals surface area contributed by atoms with Crippen molar-refractivity contribution in [1.29, 1.82) is 0 Å². The zero-order valence-electron chi connectivity index (χ0n) is 18.0. The van der Waals surface area contributed by atoms with Gasteiger partial charge in [-0.05, 0) is 62.2 Å². The summed E-state index contributed by atoms with van der Waals surface area (Å²) in [6, 6.07) is 14.8. The number of likely N-dealkylation sites (N-methyl/N-ethyl adjacent to an activating group) is 1. The SMILES string of the molecule is Cc1cc(C)c(NC(=O)CN(C)C(=O)c2ccc(COc3cccc(Br)c3)o2)c(C)c1. The van der Waals surface area contributed by atoms with Gasteiger partial charge in [-0.1, -0.05) is 39.7 Å². The summed E-state index contributed by atoms with van der Waals surface area (Å²) in [5.41, 5.74) is 3.89. The first kappa shape index (κ1) is 22.6. The molecule has 1 aromatic heterocycles. The summed E-state index contributed by atoms with van der Waals surface area (Å²) >= 11 is 3.39. The Morgan fingerprint density at radius 3 is 2.45 bits per heavy atom. The van der Waals surface area contributed by atoms with Crippen LogP contribution in [-0.4, -0.2) is 30.3 Å². The van der Waals surface area contributed by atoms with Crippen LogP contribution in [0.25, 0.3) is 0 Å². The number of aryl methyl sites for hydroxylation is 3. The van der Waals surface area contributed by atoms with Gasteiger partial charge in [0.15, 0.2) is 5.76 Å². The van der Waals surface area contributed by atoms with E-state index in [2.05, 4.69) is 21.2 Å². The van der Waals surface area contributed by atoms with Crippen LogP contribution < -0.4 is 10.1 Å². The van der Waals surface area contributed by atoms with Crippen molar-refractivity contribution < 1.29 is 18.7 Å². The van der Waals surface area contributed by atoms with Gasteiger partial charge in [0.2, 0.25) is 5.91 Å². The van der Waals surface area contributed by atoms with Gasteiger partial charge in [0.05, 0.1) is 6.54 Å². The Bertz CT molecular complexity index is 1080. The maximum Gasteiger partial charge on any atom is 0.289 e. The van der Waals surface area contributed by atoms with Gasteiger partial charge in [-0.15, -0.1) is 0 Å². The Morgan fingerprint density at radius 2 is 1.77 bits per heavy atom. The fraction of sp³-hybridized carbons (Fsp3) is 0.250. The van der Waals surface area contributed by atoms with E-state index in [1.807, 2.05) is 57.2 Å². The molecule has 0 saturated carbocycles. The predicted molar refractivity (Wildman–Crippen MR) is 123 cm³/mol. The number of anilines is 1. The number of nitrogens with one attached hydrogen (secondary N) is 1. The molecule has 31 heavy (non-hydrogen) atoms. The van der Waals surface area contributed by atoms with Crippen molar-refractivity contribution in [2.24, 2.45) is 0 Å². The number of carbonyl (C=O) groups is 2. The van der Waals surface area contributed by atoms with Gasteiger partial charge in [-0.25, -0.2) is 0 Å². The number of carbonyl (C=O) groups excluding carboxylic acids is 2. The first-order valence-electron chi connectivity index (χ1n) is 9.83. The largest absolute Gasteiger partial charge is 0.486 e. The lowest BCUT2D eigenvalue weighted by Crippen LogP contribution is -2.35. The standard InChI is InChI=1S/C24H25BrN2O4/c1-15-10-16(2)23(17(3)11-15)26-22(28)13-27(4)24(29)21-9-8-20(31-21)14-30-19-7-5-6-18(25)12-19/h5-12H,13-14H2,1-4H3,(H,26,28). The van der Waals surface area contributed by atoms with E-state index in [1.54, 1.807) is 19.2 Å². The number of rotatable bonds is 7. The molecule has 7 heteroatoms. The van der Waals surface area contributed by atoms with Gasteiger partial charge in [0.25, 0.3) is 5.91 Å². The number of nitrogens with zero attached hydrogens (tertiary/aromatic N) is 1. The maximum atomic E-state index is 12.6. The zero-order chi connectivity index (χ0) is 22.5. The molecule has 1 N–H and O–H groups in total. The Hall–Kier alpha value is -3.06. The van der Waals surface area contributed by atoms with E-state index in [0.29, 0.717) is 11.5 Å². The van der Waals surface area contributed by atoms with Crippen molar-refractivity contribution in [3.8, 4) is 5.75 Å². The number of ether oxygens (including phenoxy) is 1. The van der Waals surface area contributed by atoms with Gasteiger partial charge >= 0.3 is 0 Å². The molecule has 2 aromatic carbocycles. The highest BCUT2D eigenvalue weighted by atomic mass is 79.9. The molecule has 0 aliphatic heterocycles. The average molecular weight is 485 g/mol. The van der Waals surface area contributed by atoms with E-state index < -0.39 is 0 Å². The fourth-order valence-electron chi connectivity index (χ4n) is 3.31. The molecule has 0 saturated heterocycles. The molecule has 2 amide bonds. The molecular formula is C24H25BrN2O4. The number of amides is 2. The Balaban J connectivity index is 1.57. The number of benzene rings is 2. The third kappa shape index (κ3) is 5.98. The molecule has 0 radical (unpaired) electrons. The van der Waals surface area contributed by atoms with E-state index >= 15 is 0 Å². The van der Waals surface area contributed by atoms with E-state index in [9.17, 15) is 9.59 Å². The van der Waals surface area contributed by atoms with Crippen LogP contribution in [0, 0.1) is 20.8 Å². The highest BCUT2D eigenvalue weighted by Crippen LogP contribution is 2.22. The molecule has 1 heterocycles. The number of hydrogen-bond acceptors (Lipinski definition) is 4. The average Bonchev–Trinajstić information content (AvgIpc) is 3.17. The quantitative estimate of drug-likeness (QED) is 0.496. The topological polar surface area (TPSA) is 71.8 Å². The second-order valence-corrected chi connectivity index (χ2v) is 8.41. The molecule has 3 rings (SSSR count). The lowest BCUT2D eigenvalue weighted by Gasteiger charge is -2.17. The molecule has 0 aliphatic carbocycles. The van der Waals surface area contributed by atoms with Crippen LogP contribution >= 0.6 is 15.9 Å². The van der Waals surface area contributed by atoms with Crippen molar-refractivity contribution in [3.05, 3.63) is 81.2 Å². The van der Waals surface area contributed by atoms with Crippen molar-refractivity contribution in [2.75, 3.05) is 18.9 Å². The zero-order valence-corrected chi connectivity index (χ0v) is 19.6. The van der Waals surface area contributed by atoms with E-state index in [1.165, 1.54) is 4.90 Å². The summed E-state index contributed by atoms with van der Waals surface area (Å²) in [5, 5.41) is 2.90. The van der Waals surface area contributed by atoms with Crippen LogP contribution in [0.15, 0.2) is 57.4 Å². The van der Waals surface area contributed by atoms with Gasteiger partial charge in [0.1, 0.15) is 18.1 Å². The number of hydrogen-bond donors (Lipinski definition) is 1. The van der Waals surface area contributed by atoms with Crippen LogP contribution in [0.4, 0.5) is 5.69 Å². The highest BCUT2D eigenvalue weighted by molar-refractivity contribution is 9.10. The van der Waals surface area contributed by atoms with Gasteiger partial charge in [-0.3, -0.25) is 9.59 Å². The molecule has 6 nitrogen and oxygen atoms in total. The second kappa shape index (κ2) is 9.83. The van der Waals surface area contributed by atoms with Gasteiger partial charge in [0, 0.05) is 17.2 Å². The molecule has 0 bridgehead atoms. The number of furan rings is 1. The minimum absolute atomic E-state index is 0.0871. The van der Waals surface area contributed by atoms with Gasteiger partial charge < -0.3 is 19.4 Å². The van der Waals surface area contributed by atoms with Crippen molar-refractivity contribution in [1.82, 2.24) is 4.90 Å². The summed E-state index contributed by atoms with van der Waals surface area (Å²) in [6.45, 7) is 6.02. The third-order valence-electron chi connectivity index (χ3n) is 4.72. The summed E-state index contributed by atoms with van der Waals surface area (Å²) in [5.74, 6) is 0.726. The first-order chi connectivity index (χ1) is 14.7. The van der Waals surface area contributed by atoms with Crippen LogP contribution in [0.1, 0.15) is 33.0 Å². The third-order valence-corrected chi connectivity index (χ3v) is 5.21. The molecule has 3 aromatic rings. The smallest absolute Gasteiger partial charge is 0.289 e. The minimum Gasteiger partial charge on any atom is -0.486 e. The molecular weight excluding hydrogens is 460 g/mol. The summed E-state index contributed by atoms with van der Waals surface area (Å²) in [7, 11) is 1.57. The van der Waals surface area contributed by atoms with Crippen LogP contribution in [0.5, 0.6) is 5.75 Å². The van der Waals surface area contributed by atoms with E-state index in [-0.39, 0.29) is 30.7 Å². The van der Waals surface area contributed by atoms with Crippen LogP contribution in [0.3, 0.4) is 0 Å². The van der Waals surface area contributed by atoms with Crippen LogP contribution in [-0.2, 0) is 11.4 Å². The Kier molecular flexibility index (Phi) is 7.17. The van der Waals surface area contributed by atoms with Crippen LogP contribution in [0.2, 0.25) is 0 Å². The Labute approximate surface area is 190 Å². The molecule has 0 atom stereocenters. The Morgan fingerprint density at radius 1 is 1.06 bits per heavy atom. The normalized spacial score (nSPS) is 10.6. The summed E-state index contributed by atoms with van der Waals surface area (Å²) < 4.78 is 12.2. The highest BCUT2D eigenvalue weighted by Gasteiger charge is 2.19. The van der Waals surface area contributed by atoms with E-state index in [0.717, 1.165) is 26.9 Å². The lowest BCUT2D eigenvalue weighted by molar-refractivity contribution is -0.116. The van der Waals surface area contributed by atoms with Crippen molar-refractivity contribution in [2.45, 2.75) is 27.4 Å². The van der Waals surface area contributed by atoms with Crippen molar-refractivity contribution >= 4 is 33.4 Å². The molecule has 0 spiro atoms. The fourth-order valence-corrected chi connectivity index (χ4v) is 3.69. The maximum absolute atomic E-state index is 12.6. The summed E-state index contributed by atoms with van der Waals surface area (Å²) in [6.07, 6.45) is 0. The van der Waals surface area contributed by atoms with Crippen molar-refractivity contribution in [3.63, 3.8) is 0 Å². The molecule has 162 valence electrons. The predicted octanol–water partition coefficient (Wildman–Crippen LogP) is 5.26. The summed E-state index contributed by atoms with van der Waals surface area (Å²) in [4.78, 5) is 26.5. The lowest BCUT2D eigenvalue weighted by atomic mass is 10.1. The molecule has 0 fully saturated rings. The minimum atomic E-state index is -0.374. The molecule has 0 unspecified atom stereocenters. The molecule has 0 aliphatic rings. The monoisotopic (exact) mass is 484 g/mol. The first-order valence-corrected chi connectivity index (χ1v) is 10.6. The van der Waals surface area contributed by atoms with Gasteiger partial charge in [-0.2, -0.15) is 0 Å².